The van der Waals surface area contributed by atoms with Gasteiger partial charge in [-0.2, -0.15) is 0 Å². The monoisotopic (exact) mass is 461 g/mol. The molecule has 3 aromatic rings. The van der Waals surface area contributed by atoms with Gasteiger partial charge in [0.15, 0.2) is 0 Å². The van der Waals surface area contributed by atoms with Crippen LogP contribution in [0, 0.1) is 13.8 Å². The molecule has 1 spiro atoms. The smallest absolute Gasteiger partial charge is 0.251 e. The van der Waals surface area contributed by atoms with Crippen molar-refractivity contribution in [2.45, 2.75) is 51.4 Å². The number of hydrogen-bond donors (Lipinski definition) is 1. The lowest BCUT2D eigenvalue weighted by molar-refractivity contribution is -0.0195. The lowest BCUT2D eigenvalue weighted by Gasteiger charge is -2.46. The van der Waals surface area contributed by atoms with Crippen LogP contribution in [0.4, 0.5) is 0 Å². The number of rotatable bonds is 5. The zero-order chi connectivity index (χ0) is 23.7. The van der Waals surface area contributed by atoms with Crippen molar-refractivity contribution in [2.24, 2.45) is 0 Å². The summed E-state index contributed by atoms with van der Waals surface area (Å²) in [4.78, 5) is 15.5. The van der Waals surface area contributed by atoms with Crippen LogP contribution in [0.15, 0.2) is 53.1 Å². The van der Waals surface area contributed by atoms with Crippen LogP contribution in [0.3, 0.4) is 0 Å². The molecule has 0 aliphatic carbocycles. The SMILES string of the molecule is Cc1noc(C)c1COc1ccc(C(=O)NC2CC3(CCN(C)CC3)Oc3ccccc32)cc1. The van der Waals surface area contributed by atoms with Crippen molar-refractivity contribution in [2.75, 3.05) is 20.1 Å². The van der Waals surface area contributed by atoms with E-state index in [0.717, 1.165) is 60.7 Å². The highest BCUT2D eigenvalue weighted by Gasteiger charge is 2.43. The molecule has 3 heterocycles. The summed E-state index contributed by atoms with van der Waals surface area (Å²) in [6, 6.07) is 15.2. The van der Waals surface area contributed by atoms with Crippen molar-refractivity contribution < 1.29 is 18.8 Å². The molecule has 0 radical (unpaired) electrons. The molecule has 1 amide bonds. The van der Waals surface area contributed by atoms with E-state index in [4.69, 9.17) is 14.0 Å². The number of carbonyl (C=O) groups excluding carboxylic acids is 1. The number of likely N-dealkylation sites (tertiary alicyclic amines) is 1. The van der Waals surface area contributed by atoms with Crippen LogP contribution < -0.4 is 14.8 Å². The number of nitrogens with zero attached hydrogens (tertiary/aromatic N) is 2. The third-order valence-corrected chi connectivity index (χ3v) is 7.08. The Balaban J connectivity index is 1.27. The van der Waals surface area contributed by atoms with Gasteiger partial charge in [0.05, 0.1) is 17.3 Å². The van der Waals surface area contributed by atoms with E-state index in [0.29, 0.717) is 17.9 Å². The van der Waals surface area contributed by atoms with Crippen LogP contribution in [-0.4, -0.2) is 41.7 Å². The van der Waals surface area contributed by atoms with Gasteiger partial charge in [-0.25, -0.2) is 0 Å². The third-order valence-electron chi connectivity index (χ3n) is 7.08. The number of piperidine rings is 1. The van der Waals surface area contributed by atoms with E-state index in [1.165, 1.54) is 0 Å². The Morgan fingerprint density at radius 3 is 2.59 bits per heavy atom. The maximum Gasteiger partial charge on any atom is 0.251 e. The Morgan fingerprint density at radius 2 is 1.88 bits per heavy atom. The normalized spacial score (nSPS) is 19.3. The number of fused-ring (bicyclic) bond motifs is 1. The highest BCUT2D eigenvalue weighted by molar-refractivity contribution is 5.94. The fourth-order valence-electron chi connectivity index (χ4n) is 4.89. The van der Waals surface area contributed by atoms with Gasteiger partial charge in [-0.15, -0.1) is 0 Å². The van der Waals surface area contributed by atoms with E-state index < -0.39 is 0 Å². The average molecular weight is 462 g/mol. The molecule has 1 aromatic heterocycles. The van der Waals surface area contributed by atoms with Crippen molar-refractivity contribution in [3.63, 3.8) is 0 Å². The number of carbonyl (C=O) groups is 1. The summed E-state index contributed by atoms with van der Waals surface area (Å²) in [6.45, 7) is 6.14. The second-order valence-electron chi connectivity index (χ2n) is 9.47. The van der Waals surface area contributed by atoms with Gasteiger partial charge in [0.1, 0.15) is 29.5 Å². The lowest BCUT2D eigenvalue weighted by atomic mass is 9.80. The van der Waals surface area contributed by atoms with Crippen LogP contribution >= 0.6 is 0 Å². The first-order valence-corrected chi connectivity index (χ1v) is 11.8. The van der Waals surface area contributed by atoms with Crippen LogP contribution in [0.1, 0.15) is 58.2 Å². The molecular weight excluding hydrogens is 430 g/mol. The minimum Gasteiger partial charge on any atom is -0.489 e. The van der Waals surface area contributed by atoms with Crippen molar-refractivity contribution in [1.29, 1.82) is 0 Å². The Hall–Kier alpha value is -3.32. The largest absolute Gasteiger partial charge is 0.489 e. The summed E-state index contributed by atoms with van der Waals surface area (Å²) in [5.74, 6) is 2.24. The van der Waals surface area contributed by atoms with Crippen molar-refractivity contribution >= 4 is 5.91 Å². The van der Waals surface area contributed by atoms with Gasteiger partial charge in [-0.1, -0.05) is 23.4 Å². The highest BCUT2D eigenvalue weighted by atomic mass is 16.5. The highest BCUT2D eigenvalue weighted by Crippen LogP contribution is 2.44. The molecule has 0 saturated carbocycles. The second kappa shape index (κ2) is 9.14. The summed E-state index contributed by atoms with van der Waals surface area (Å²) in [7, 11) is 2.14. The molecule has 1 atom stereocenters. The minimum absolute atomic E-state index is 0.0867. The Morgan fingerprint density at radius 1 is 1.15 bits per heavy atom. The Kier molecular flexibility index (Phi) is 6.04. The number of ether oxygens (including phenoxy) is 2. The molecular formula is C27H31N3O4. The quantitative estimate of drug-likeness (QED) is 0.599. The molecule has 1 N–H and O–H groups in total. The Labute approximate surface area is 200 Å². The van der Waals surface area contributed by atoms with Crippen LogP contribution in [0.2, 0.25) is 0 Å². The number of aryl methyl sites for hydroxylation is 2. The van der Waals surface area contributed by atoms with Gasteiger partial charge in [-0.05, 0) is 64.1 Å². The molecule has 34 heavy (non-hydrogen) atoms. The van der Waals surface area contributed by atoms with E-state index in [2.05, 4.69) is 22.4 Å². The summed E-state index contributed by atoms with van der Waals surface area (Å²) in [5, 5.41) is 7.22. The molecule has 2 aliphatic heterocycles. The molecule has 178 valence electrons. The molecule has 1 unspecified atom stereocenters. The van der Waals surface area contributed by atoms with Gasteiger partial charge < -0.3 is 24.2 Å². The molecule has 1 fully saturated rings. The first-order valence-electron chi connectivity index (χ1n) is 11.8. The fraction of sp³-hybridized carbons (Fsp3) is 0.407. The topological polar surface area (TPSA) is 76.8 Å². The van der Waals surface area contributed by atoms with Gasteiger partial charge in [-0.3, -0.25) is 4.79 Å². The van der Waals surface area contributed by atoms with Crippen LogP contribution in [0.25, 0.3) is 0 Å². The van der Waals surface area contributed by atoms with Gasteiger partial charge >= 0.3 is 0 Å². The minimum atomic E-state index is -0.227. The Bertz CT molecular complexity index is 1140. The number of hydrogen-bond acceptors (Lipinski definition) is 6. The predicted molar refractivity (Wildman–Crippen MR) is 128 cm³/mol. The first kappa shape index (κ1) is 22.5. The van der Waals surface area contributed by atoms with E-state index in [9.17, 15) is 4.79 Å². The number of amides is 1. The van der Waals surface area contributed by atoms with Gasteiger partial charge in [0, 0.05) is 30.6 Å². The summed E-state index contributed by atoms with van der Waals surface area (Å²) >= 11 is 0. The van der Waals surface area contributed by atoms with Crippen molar-refractivity contribution in [3.8, 4) is 11.5 Å². The van der Waals surface area contributed by atoms with E-state index >= 15 is 0 Å². The second-order valence-corrected chi connectivity index (χ2v) is 9.47. The zero-order valence-corrected chi connectivity index (χ0v) is 20.0. The number of nitrogens with one attached hydrogen (secondary N) is 1. The number of aromatic nitrogens is 1. The molecule has 7 heteroatoms. The van der Waals surface area contributed by atoms with E-state index in [1.54, 1.807) is 12.1 Å². The molecule has 2 aliphatic rings. The van der Waals surface area contributed by atoms with Gasteiger partial charge in [0.2, 0.25) is 0 Å². The van der Waals surface area contributed by atoms with E-state index in [1.807, 2.05) is 50.2 Å². The standard InChI is InChI=1S/C27H31N3O4/c1-18-23(19(2)34-29-18)17-32-21-10-8-20(9-11-21)26(31)28-24-16-27(12-14-30(3)15-13-27)33-25-7-5-4-6-22(24)25/h4-11,24H,12-17H2,1-3H3,(H,28,31). The van der Waals surface area contributed by atoms with E-state index in [-0.39, 0.29) is 17.6 Å². The molecule has 7 nitrogen and oxygen atoms in total. The van der Waals surface area contributed by atoms with Gasteiger partial charge in [0.25, 0.3) is 5.91 Å². The summed E-state index contributed by atoms with van der Waals surface area (Å²) < 4.78 is 17.6. The number of benzene rings is 2. The van der Waals surface area contributed by atoms with Crippen molar-refractivity contribution in [1.82, 2.24) is 15.4 Å². The number of para-hydroxylation sites is 1. The molecule has 0 bridgehead atoms. The molecule has 1 saturated heterocycles. The summed E-state index contributed by atoms with van der Waals surface area (Å²) in [5.41, 5.74) is 3.19. The lowest BCUT2D eigenvalue weighted by Crippen LogP contribution is -2.51. The third kappa shape index (κ3) is 4.53. The van der Waals surface area contributed by atoms with Crippen LogP contribution in [0.5, 0.6) is 11.5 Å². The molecule has 5 rings (SSSR count). The zero-order valence-electron chi connectivity index (χ0n) is 20.0. The van der Waals surface area contributed by atoms with Crippen molar-refractivity contribution in [3.05, 3.63) is 76.7 Å². The maximum absolute atomic E-state index is 13.2. The maximum atomic E-state index is 13.2. The van der Waals surface area contributed by atoms with Crippen LogP contribution in [-0.2, 0) is 6.61 Å². The summed E-state index contributed by atoms with van der Waals surface area (Å²) in [6.07, 6.45) is 2.70. The molecule has 2 aromatic carbocycles. The average Bonchev–Trinajstić information content (AvgIpc) is 3.17. The fourth-order valence-corrected chi connectivity index (χ4v) is 4.89. The first-order chi connectivity index (χ1) is 16.4. The predicted octanol–water partition coefficient (Wildman–Crippen LogP) is 4.59.